The first kappa shape index (κ1) is 19.8. The molecule has 1 aliphatic heterocycles. The second-order valence-corrected chi connectivity index (χ2v) is 8.17. The number of hydrogen-bond donors (Lipinski definition) is 1. The number of ether oxygens (including phenoxy) is 1. The molecule has 0 spiro atoms. The average molecular weight is 403 g/mol. The molecule has 1 fully saturated rings. The van der Waals surface area contributed by atoms with E-state index in [0.29, 0.717) is 17.9 Å². The van der Waals surface area contributed by atoms with Crippen LogP contribution in [0.4, 0.5) is 18.9 Å². The van der Waals surface area contributed by atoms with Gasteiger partial charge in [0, 0.05) is 24.6 Å². The quantitative estimate of drug-likeness (QED) is 0.666. The molecule has 0 aromatic heterocycles. The van der Waals surface area contributed by atoms with Crippen molar-refractivity contribution in [2.75, 3.05) is 12.4 Å². The van der Waals surface area contributed by atoms with Crippen LogP contribution < -0.4 is 5.32 Å². The van der Waals surface area contributed by atoms with E-state index < -0.39 is 23.4 Å². The third-order valence-electron chi connectivity index (χ3n) is 6.34. The highest BCUT2D eigenvalue weighted by Crippen LogP contribution is 2.38. The van der Waals surface area contributed by atoms with Crippen LogP contribution in [0.5, 0.6) is 0 Å². The molecule has 154 valence electrons. The van der Waals surface area contributed by atoms with Crippen LogP contribution in [-0.2, 0) is 11.2 Å². The van der Waals surface area contributed by atoms with Crippen molar-refractivity contribution in [3.63, 3.8) is 0 Å². The molecule has 6 heteroatoms. The predicted molar refractivity (Wildman–Crippen MR) is 105 cm³/mol. The van der Waals surface area contributed by atoms with Crippen molar-refractivity contribution < 1.29 is 22.7 Å². The molecule has 29 heavy (non-hydrogen) atoms. The van der Waals surface area contributed by atoms with Gasteiger partial charge in [-0.25, -0.2) is 18.0 Å². The van der Waals surface area contributed by atoms with E-state index >= 15 is 4.39 Å². The summed E-state index contributed by atoms with van der Waals surface area (Å²) in [6.07, 6.45) is 4.40. The number of hydrogen-bond acceptors (Lipinski definition) is 3. The molecule has 2 aromatic rings. The molecule has 4 rings (SSSR count). The van der Waals surface area contributed by atoms with Crippen LogP contribution >= 0.6 is 0 Å². The lowest BCUT2D eigenvalue weighted by Crippen LogP contribution is -2.36. The van der Waals surface area contributed by atoms with Gasteiger partial charge in [-0.1, -0.05) is 31.9 Å². The Bertz CT molecular complexity index is 952. The number of nitrogens with one attached hydrogen (secondary N) is 1. The molecule has 0 radical (unpaired) electrons. The van der Waals surface area contributed by atoms with Gasteiger partial charge >= 0.3 is 5.97 Å². The number of benzene rings is 2. The topological polar surface area (TPSA) is 38.3 Å². The van der Waals surface area contributed by atoms with E-state index in [1.165, 1.54) is 25.2 Å². The number of carbonyl (C=O) groups excluding carboxylic acids is 1. The second-order valence-electron chi connectivity index (χ2n) is 8.17. The SMILES string of the molecule is CNc1ccc(-c2ccc3c(c2F)C(=O)OC(C2CCC(C)CC2)C3)c(F)c1F. The number of rotatable bonds is 3. The lowest BCUT2D eigenvalue weighted by atomic mass is 9.77. The fourth-order valence-corrected chi connectivity index (χ4v) is 4.54. The van der Waals surface area contributed by atoms with Gasteiger partial charge in [0.2, 0.25) is 0 Å². The fraction of sp³-hybridized carbons (Fsp3) is 0.435. The highest BCUT2D eigenvalue weighted by atomic mass is 19.2. The molecular formula is C23H24F3NO2. The van der Waals surface area contributed by atoms with Crippen molar-refractivity contribution in [3.8, 4) is 11.1 Å². The Morgan fingerprint density at radius 3 is 2.28 bits per heavy atom. The van der Waals surface area contributed by atoms with Gasteiger partial charge in [0.15, 0.2) is 11.6 Å². The van der Waals surface area contributed by atoms with E-state index in [1.54, 1.807) is 6.07 Å². The Morgan fingerprint density at radius 2 is 1.59 bits per heavy atom. The van der Waals surface area contributed by atoms with Crippen LogP contribution in [0, 0.1) is 29.3 Å². The lowest BCUT2D eigenvalue weighted by molar-refractivity contribution is -0.000127. The van der Waals surface area contributed by atoms with Crippen LogP contribution in [0.3, 0.4) is 0 Å². The van der Waals surface area contributed by atoms with Crippen LogP contribution in [0.25, 0.3) is 11.1 Å². The second kappa shape index (κ2) is 7.73. The molecule has 1 N–H and O–H groups in total. The molecule has 2 aromatic carbocycles. The standard InChI is InChI=1S/C23H24F3NO2/c1-12-3-5-13(6-4-12)18-11-14-7-8-15(20(24)19(14)23(28)29-18)16-9-10-17(27-2)22(26)21(16)25/h7-10,12-13,18,27H,3-6,11H2,1-2H3. The van der Waals surface area contributed by atoms with E-state index in [4.69, 9.17) is 4.74 Å². The van der Waals surface area contributed by atoms with Crippen molar-refractivity contribution in [1.82, 2.24) is 0 Å². The first-order chi connectivity index (χ1) is 13.9. The van der Waals surface area contributed by atoms with Gasteiger partial charge in [0.1, 0.15) is 11.9 Å². The lowest BCUT2D eigenvalue weighted by Gasteiger charge is -2.35. The van der Waals surface area contributed by atoms with Crippen molar-refractivity contribution in [2.24, 2.45) is 11.8 Å². The summed E-state index contributed by atoms with van der Waals surface area (Å²) < 4.78 is 49.4. The van der Waals surface area contributed by atoms with Gasteiger partial charge in [-0.2, -0.15) is 0 Å². The molecule has 2 aliphatic rings. The molecule has 3 nitrogen and oxygen atoms in total. The number of carbonyl (C=O) groups is 1. The summed E-state index contributed by atoms with van der Waals surface area (Å²) >= 11 is 0. The number of halogens is 3. The third kappa shape index (κ3) is 3.49. The number of anilines is 1. The summed E-state index contributed by atoms with van der Waals surface area (Å²) in [4.78, 5) is 12.6. The maximum absolute atomic E-state index is 15.2. The Balaban J connectivity index is 1.67. The van der Waals surface area contributed by atoms with Gasteiger partial charge in [-0.05, 0) is 42.4 Å². The zero-order valence-electron chi connectivity index (χ0n) is 16.5. The van der Waals surface area contributed by atoms with Gasteiger partial charge in [0.25, 0.3) is 0 Å². The van der Waals surface area contributed by atoms with Crippen molar-refractivity contribution in [1.29, 1.82) is 0 Å². The van der Waals surface area contributed by atoms with Crippen molar-refractivity contribution in [3.05, 3.63) is 52.8 Å². The minimum Gasteiger partial charge on any atom is -0.458 e. The predicted octanol–water partition coefficient (Wildman–Crippen LogP) is 5.72. The summed E-state index contributed by atoms with van der Waals surface area (Å²) in [7, 11) is 1.47. The summed E-state index contributed by atoms with van der Waals surface area (Å²) in [5.41, 5.74) is 0.00984. The third-order valence-corrected chi connectivity index (χ3v) is 6.34. The first-order valence-corrected chi connectivity index (χ1v) is 10.1. The van der Waals surface area contributed by atoms with E-state index in [9.17, 15) is 13.6 Å². The molecule has 0 saturated heterocycles. The van der Waals surface area contributed by atoms with E-state index in [-0.39, 0.29) is 34.4 Å². The van der Waals surface area contributed by atoms with Gasteiger partial charge < -0.3 is 10.1 Å². The number of esters is 1. The maximum Gasteiger partial charge on any atom is 0.341 e. The highest BCUT2D eigenvalue weighted by molar-refractivity contribution is 5.94. The average Bonchev–Trinajstić information content (AvgIpc) is 2.71. The van der Waals surface area contributed by atoms with Crippen LogP contribution in [0.15, 0.2) is 24.3 Å². The van der Waals surface area contributed by atoms with Crippen molar-refractivity contribution >= 4 is 11.7 Å². The zero-order valence-corrected chi connectivity index (χ0v) is 16.5. The number of cyclic esters (lactones) is 1. The molecule has 1 atom stereocenters. The largest absolute Gasteiger partial charge is 0.458 e. The van der Waals surface area contributed by atoms with Gasteiger partial charge in [-0.15, -0.1) is 0 Å². The number of fused-ring (bicyclic) bond motifs is 1. The Morgan fingerprint density at radius 1 is 0.931 bits per heavy atom. The first-order valence-electron chi connectivity index (χ1n) is 10.1. The monoisotopic (exact) mass is 403 g/mol. The van der Waals surface area contributed by atoms with E-state index in [0.717, 1.165) is 25.7 Å². The molecule has 0 bridgehead atoms. The minimum atomic E-state index is -1.16. The molecule has 0 amide bonds. The normalized spacial score (nSPS) is 24.0. The van der Waals surface area contributed by atoms with Gasteiger partial charge in [-0.3, -0.25) is 0 Å². The fourth-order valence-electron chi connectivity index (χ4n) is 4.54. The van der Waals surface area contributed by atoms with Gasteiger partial charge in [0.05, 0.1) is 11.3 Å². The summed E-state index contributed by atoms with van der Waals surface area (Å²) in [6.45, 7) is 2.22. The van der Waals surface area contributed by atoms with Crippen LogP contribution in [-0.4, -0.2) is 19.1 Å². The Kier molecular flexibility index (Phi) is 5.28. The molecule has 1 unspecified atom stereocenters. The Hall–Kier alpha value is -2.50. The van der Waals surface area contributed by atoms with E-state index in [1.807, 2.05) is 0 Å². The van der Waals surface area contributed by atoms with E-state index in [2.05, 4.69) is 12.2 Å². The smallest absolute Gasteiger partial charge is 0.341 e. The Labute approximate surface area is 168 Å². The molecule has 1 heterocycles. The summed E-state index contributed by atoms with van der Waals surface area (Å²) in [6, 6.07) is 5.69. The molecule has 1 aliphatic carbocycles. The maximum atomic E-state index is 15.2. The van der Waals surface area contributed by atoms with Crippen molar-refractivity contribution in [2.45, 2.75) is 45.1 Å². The summed E-state index contributed by atoms with van der Waals surface area (Å²) in [5.74, 6) is -2.86. The van der Waals surface area contributed by atoms with Crippen LogP contribution in [0.2, 0.25) is 0 Å². The van der Waals surface area contributed by atoms with Crippen LogP contribution in [0.1, 0.15) is 48.5 Å². The summed E-state index contributed by atoms with van der Waals surface area (Å²) in [5, 5.41) is 2.54. The zero-order chi connectivity index (χ0) is 20.7. The minimum absolute atomic E-state index is 0.0197. The highest BCUT2D eigenvalue weighted by Gasteiger charge is 2.36. The molecular weight excluding hydrogens is 379 g/mol. The molecule has 1 saturated carbocycles.